The number of carboxylic acid groups (broad SMARTS) is 1. The van der Waals surface area contributed by atoms with E-state index in [0.29, 0.717) is 21.7 Å². The second kappa shape index (κ2) is 6.02. The molecule has 4 rings (SSSR count). The summed E-state index contributed by atoms with van der Waals surface area (Å²) in [5, 5.41) is 9.52. The fraction of sp³-hybridized carbons (Fsp3) is 0.211. The summed E-state index contributed by atoms with van der Waals surface area (Å²) in [5.41, 5.74) is 0.0930. The fourth-order valence-electron chi connectivity index (χ4n) is 3.21. The first-order valence-electron chi connectivity index (χ1n) is 8.20. The SMILES string of the molecule is Cc1cccc2c1N(c1nc3cccc(F)c3s1)C(=O)C(C)(CC(=O)O)O2. The molecule has 0 saturated heterocycles. The van der Waals surface area contributed by atoms with Gasteiger partial charge in [-0.05, 0) is 37.6 Å². The number of rotatable bonds is 3. The van der Waals surface area contributed by atoms with E-state index < -0.39 is 29.7 Å². The normalized spacial score (nSPS) is 19.1. The molecule has 0 fully saturated rings. The van der Waals surface area contributed by atoms with E-state index in [1.54, 1.807) is 24.3 Å². The van der Waals surface area contributed by atoms with Gasteiger partial charge in [0.1, 0.15) is 11.6 Å². The van der Waals surface area contributed by atoms with E-state index in [9.17, 15) is 19.1 Å². The minimum Gasteiger partial charge on any atom is -0.481 e. The second-order valence-corrected chi connectivity index (χ2v) is 7.53. The number of aliphatic carboxylic acids is 1. The number of thiazole rings is 1. The number of carboxylic acids is 1. The number of benzene rings is 2. The van der Waals surface area contributed by atoms with Crippen molar-refractivity contribution in [1.82, 2.24) is 4.98 Å². The lowest BCUT2D eigenvalue weighted by molar-refractivity contribution is -0.148. The van der Waals surface area contributed by atoms with Crippen LogP contribution in [0.3, 0.4) is 0 Å². The summed E-state index contributed by atoms with van der Waals surface area (Å²) in [6.07, 6.45) is -0.505. The van der Waals surface area contributed by atoms with Crippen LogP contribution in [0.4, 0.5) is 15.2 Å². The second-order valence-electron chi connectivity index (χ2n) is 6.55. The summed E-state index contributed by atoms with van der Waals surface area (Å²) in [6, 6.07) is 9.81. The molecule has 1 amide bonds. The zero-order valence-corrected chi connectivity index (χ0v) is 15.3. The van der Waals surface area contributed by atoms with Gasteiger partial charge in [-0.15, -0.1) is 0 Å². The van der Waals surface area contributed by atoms with Gasteiger partial charge in [-0.3, -0.25) is 9.59 Å². The van der Waals surface area contributed by atoms with Gasteiger partial charge >= 0.3 is 5.97 Å². The molecule has 1 atom stereocenters. The molecule has 27 heavy (non-hydrogen) atoms. The molecule has 0 aliphatic carbocycles. The molecule has 1 unspecified atom stereocenters. The van der Waals surface area contributed by atoms with Crippen LogP contribution in [-0.2, 0) is 9.59 Å². The number of halogens is 1. The molecular formula is C19H15FN2O4S. The average molecular weight is 386 g/mol. The highest BCUT2D eigenvalue weighted by atomic mass is 32.1. The highest BCUT2D eigenvalue weighted by Gasteiger charge is 2.48. The van der Waals surface area contributed by atoms with Gasteiger partial charge < -0.3 is 9.84 Å². The number of carbonyl (C=O) groups is 2. The number of amides is 1. The number of para-hydroxylation sites is 1. The summed E-state index contributed by atoms with van der Waals surface area (Å²) in [6.45, 7) is 3.26. The third-order valence-electron chi connectivity index (χ3n) is 4.45. The Hall–Kier alpha value is -3.00. The number of carbonyl (C=O) groups excluding carboxylic acids is 1. The van der Waals surface area contributed by atoms with E-state index in [4.69, 9.17) is 4.74 Å². The zero-order valence-electron chi connectivity index (χ0n) is 14.5. The standard InChI is InChI=1S/C19H15FN2O4S/c1-10-5-3-8-13-15(10)22(17(25)19(2,26-13)9-14(23)24)18-21-12-7-4-6-11(20)16(12)27-18/h3-8H,9H2,1-2H3,(H,23,24). The summed E-state index contributed by atoms with van der Waals surface area (Å²) in [4.78, 5) is 30.3. The Labute approximate surface area is 157 Å². The van der Waals surface area contributed by atoms with Crippen molar-refractivity contribution in [3.05, 3.63) is 47.8 Å². The van der Waals surface area contributed by atoms with E-state index in [-0.39, 0.29) is 5.13 Å². The predicted molar refractivity (Wildman–Crippen MR) is 99.2 cm³/mol. The maximum Gasteiger partial charge on any atom is 0.307 e. The summed E-state index contributed by atoms with van der Waals surface area (Å²) < 4.78 is 20.3. The topological polar surface area (TPSA) is 79.7 Å². The van der Waals surface area contributed by atoms with E-state index in [1.807, 2.05) is 13.0 Å². The molecule has 138 valence electrons. The highest BCUT2D eigenvalue weighted by Crippen LogP contribution is 2.46. The molecule has 3 aromatic rings. The van der Waals surface area contributed by atoms with Crippen molar-refractivity contribution in [2.24, 2.45) is 0 Å². The molecule has 0 bridgehead atoms. The Morgan fingerprint density at radius 2 is 2.07 bits per heavy atom. The first-order valence-corrected chi connectivity index (χ1v) is 9.02. The minimum atomic E-state index is -1.59. The first kappa shape index (κ1) is 17.4. The zero-order chi connectivity index (χ0) is 19.3. The van der Waals surface area contributed by atoms with Crippen LogP contribution in [0, 0.1) is 12.7 Å². The Kier molecular flexibility index (Phi) is 3.88. The lowest BCUT2D eigenvalue weighted by Crippen LogP contribution is -2.54. The van der Waals surface area contributed by atoms with Crippen LogP contribution in [0.15, 0.2) is 36.4 Å². The van der Waals surface area contributed by atoms with Gasteiger partial charge in [0.25, 0.3) is 5.91 Å². The number of nitrogens with zero attached hydrogens (tertiary/aromatic N) is 2. The Morgan fingerprint density at radius 1 is 1.33 bits per heavy atom. The summed E-state index contributed by atoms with van der Waals surface area (Å²) in [7, 11) is 0. The summed E-state index contributed by atoms with van der Waals surface area (Å²) >= 11 is 1.04. The van der Waals surface area contributed by atoms with Crippen LogP contribution in [0.2, 0.25) is 0 Å². The van der Waals surface area contributed by atoms with Crippen molar-refractivity contribution >= 4 is 44.2 Å². The molecule has 0 spiro atoms. The predicted octanol–water partition coefficient (Wildman–Crippen LogP) is 4.03. The fourth-order valence-corrected chi connectivity index (χ4v) is 4.18. The molecule has 2 heterocycles. The molecule has 1 aliphatic heterocycles. The van der Waals surface area contributed by atoms with Gasteiger partial charge in [0.05, 0.1) is 22.3 Å². The Morgan fingerprint density at radius 3 is 2.78 bits per heavy atom. The lowest BCUT2D eigenvalue weighted by Gasteiger charge is -2.39. The van der Waals surface area contributed by atoms with E-state index in [1.165, 1.54) is 17.9 Å². The van der Waals surface area contributed by atoms with Gasteiger partial charge in [0.2, 0.25) is 0 Å². The van der Waals surface area contributed by atoms with Crippen LogP contribution in [-0.4, -0.2) is 27.6 Å². The minimum absolute atomic E-state index is 0.274. The van der Waals surface area contributed by atoms with Gasteiger partial charge in [-0.2, -0.15) is 0 Å². The van der Waals surface area contributed by atoms with Crippen LogP contribution < -0.4 is 9.64 Å². The molecule has 8 heteroatoms. The van der Waals surface area contributed by atoms with Gasteiger partial charge in [0.15, 0.2) is 10.7 Å². The van der Waals surface area contributed by atoms with Crippen LogP contribution >= 0.6 is 11.3 Å². The van der Waals surface area contributed by atoms with Crippen LogP contribution in [0.25, 0.3) is 10.2 Å². The van der Waals surface area contributed by atoms with Crippen molar-refractivity contribution in [3.8, 4) is 5.75 Å². The maximum absolute atomic E-state index is 14.1. The number of fused-ring (bicyclic) bond motifs is 2. The van der Waals surface area contributed by atoms with E-state index in [0.717, 1.165) is 16.9 Å². The lowest BCUT2D eigenvalue weighted by atomic mass is 9.96. The quantitative estimate of drug-likeness (QED) is 0.735. The Balaban J connectivity index is 1.94. The molecule has 1 N–H and O–H groups in total. The van der Waals surface area contributed by atoms with Crippen molar-refractivity contribution in [2.75, 3.05) is 4.90 Å². The number of ether oxygens (including phenoxy) is 1. The van der Waals surface area contributed by atoms with Crippen LogP contribution in [0.5, 0.6) is 5.75 Å². The molecule has 6 nitrogen and oxygen atoms in total. The number of anilines is 2. The molecule has 0 radical (unpaired) electrons. The van der Waals surface area contributed by atoms with Crippen molar-refractivity contribution in [2.45, 2.75) is 25.9 Å². The monoisotopic (exact) mass is 386 g/mol. The smallest absolute Gasteiger partial charge is 0.307 e. The van der Waals surface area contributed by atoms with Gasteiger partial charge in [0, 0.05) is 0 Å². The maximum atomic E-state index is 14.1. The largest absolute Gasteiger partial charge is 0.481 e. The molecule has 1 aromatic heterocycles. The van der Waals surface area contributed by atoms with Crippen molar-refractivity contribution in [1.29, 1.82) is 0 Å². The molecule has 2 aromatic carbocycles. The molecule has 1 aliphatic rings. The van der Waals surface area contributed by atoms with Gasteiger partial charge in [-0.1, -0.05) is 29.5 Å². The average Bonchev–Trinajstić information content (AvgIpc) is 3.01. The van der Waals surface area contributed by atoms with Crippen LogP contribution in [0.1, 0.15) is 18.9 Å². The highest BCUT2D eigenvalue weighted by molar-refractivity contribution is 7.22. The van der Waals surface area contributed by atoms with E-state index >= 15 is 0 Å². The van der Waals surface area contributed by atoms with Gasteiger partial charge in [-0.25, -0.2) is 14.3 Å². The number of hydrogen-bond donors (Lipinski definition) is 1. The molecular weight excluding hydrogens is 371 g/mol. The van der Waals surface area contributed by atoms with Crippen molar-refractivity contribution in [3.63, 3.8) is 0 Å². The number of aromatic nitrogens is 1. The number of aryl methyl sites for hydroxylation is 1. The third-order valence-corrected chi connectivity index (χ3v) is 5.52. The third kappa shape index (κ3) is 2.73. The summed E-state index contributed by atoms with van der Waals surface area (Å²) in [5.74, 6) is -1.74. The number of hydrogen-bond acceptors (Lipinski definition) is 5. The Bertz CT molecular complexity index is 1100. The van der Waals surface area contributed by atoms with Crippen molar-refractivity contribution < 1.29 is 23.8 Å². The van der Waals surface area contributed by atoms with E-state index in [2.05, 4.69) is 4.98 Å². The first-order chi connectivity index (χ1) is 12.8. The molecule has 0 saturated carbocycles.